The molecule has 0 aliphatic rings. The Labute approximate surface area is 155 Å². The Hall–Kier alpha value is -3.21. The van der Waals surface area contributed by atoms with Gasteiger partial charge in [0.15, 0.2) is 5.69 Å². The van der Waals surface area contributed by atoms with Gasteiger partial charge in [-0.2, -0.15) is 10.2 Å². The Bertz CT molecular complexity index is 812. The summed E-state index contributed by atoms with van der Waals surface area (Å²) >= 11 is 0. The topological polar surface area (TPSA) is 140 Å². The van der Waals surface area contributed by atoms with Crippen LogP contribution < -0.4 is 10.6 Å². The molecule has 2 heterocycles. The second kappa shape index (κ2) is 9.48. The molecule has 11 nitrogen and oxygen atoms in total. The summed E-state index contributed by atoms with van der Waals surface area (Å²) < 4.78 is 7.81. The summed E-state index contributed by atoms with van der Waals surface area (Å²) in [6.07, 6.45) is 4.20. The average molecular weight is 378 g/mol. The maximum absolute atomic E-state index is 12.2. The number of aromatic carboxylic acids is 1. The largest absolute Gasteiger partial charge is 0.478 e. The molecular weight excluding hydrogens is 356 g/mol. The number of anilines is 1. The SMILES string of the molecule is CCn1cc(NC(=O)CCn2cc(C(=O)O)cn2)c(C(=O)NCCOC)n1. The van der Waals surface area contributed by atoms with Gasteiger partial charge >= 0.3 is 5.97 Å². The third-order valence-electron chi connectivity index (χ3n) is 3.61. The van der Waals surface area contributed by atoms with Crippen molar-refractivity contribution in [2.24, 2.45) is 0 Å². The molecule has 0 radical (unpaired) electrons. The molecule has 0 fully saturated rings. The Morgan fingerprint density at radius 1 is 1.26 bits per heavy atom. The highest BCUT2D eigenvalue weighted by molar-refractivity contribution is 6.02. The minimum atomic E-state index is -1.08. The molecule has 2 aromatic rings. The van der Waals surface area contributed by atoms with Crippen LogP contribution in [-0.2, 0) is 22.6 Å². The van der Waals surface area contributed by atoms with E-state index in [1.54, 1.807) is 10.9 Å². The van der Waals surface area contributed by atoms with Crippen LogP contribution in [0.4, 0.5) is 5.69 Å². The van der Waals surface area contributed by atoms with Gasteiger partial charge < -0.3 is 20.5 Å². The maximum Gasteiger partial charge on any atom is 0.338 e. The third kappa shape index (κ3) is 5.64. The number of carboxylic acids is 1. The van der Waals surface area contributed by atoms with E-state index < -0.39 is 11.9 Å². The molecule has 0 saturated heterocycles. The molecule has 0 bridgehead atoms. The first-order chi connectivity index (χ1) is 12.9. The van der Waals surface area contributed by atoms with Crippen molar-refractivity contribution in [3.05, 3.63) is 29.8 Å². The molecule has 0 aliphatic heterocycles. The predicted octanol–water partition coefficient (Wildman–Crippen LogP) is 0.203. The number of carbonyl (C=O) groups is 3. The van der Waals surface area contributed by atoms with Crippen molar-refractivity contribution in [3.8, 4) is 0 Å². The van der Waals surface area contributed by atoms with Gasteiger partial charge in [0.25, 0.3) is 5.91 Å². The molecule has 0 atom stereocenters. The maximum atomic E-state index is 12.2. The quantitative estimate of drug-likeness (QED) is 0.502. The van der Waals surface area contributed by atoms with Gasteiger partial charge in [0, 0.05) is 45.6 Å². The Kier molecular flexibility index (Phi) is 7.06. The first kappa shape index (κ1) is 20.1. The zero-order valence-electron chi connectivity index (χ0n) is 15.1. The normalized spacial score (nSPS) is 10.6. The lowest BCUT2D eigenvalue weighted by Crippen LogP contribution is -2.28. The van der Waals surface area contributed by atoms with Crippen LogP contribution in [0.15, 0.2) is 18.6 Å². The fourth-order valence-electron chi connectivity index (χ4n) is 2.22. The lowest BCUT2D eigenvalue weighted by atomic mass is 10.3. The van der Waals surface area contributed by atoms with Crippen molar-refractivity contribution >= 4 is 23.5 Å². The lowest BCUT2D eigenvalue weighted by molar-refractivity contribution is -0.116. The molecule has 3 N–H and O–H groups in total. The Balaban J connectivity index is 1.97. The van der Waals surface area contributed by atoms with Gasteiger partial charge in [-0.3, -0.25) is 19.0 Å². The lowest BCUT2D eigenvalue weighted by Gasteiger charge is -2.06. The molecular formula is C16H22N6O5. The summed E-state index contributed by atoms with van der Waals surface area (Å²) in [6.45, 7) is 3.30. The van der Waals surface area contributed by atoms with Crippen LogP contribution >= 0.6 is 0 Å². The van der Waals surface area contributed by atoms with Crippen LogP contribution in [0, 0.1) is 0 Å². The number of rotatable bonds is 10. The number of hydrogen-bond acceptors (Lipinski definition) is 6. The zero-order valence-corrected chi connectivity index (χ0v) is 15.1. The van der Waals surface area contributed by atoms with Crippen molar-refractivity contribution in [1.82, 2.24) is 24.9 Å². The summed E-state index contributed by atoms with van der Waals surface area (Å²) in [6, 6.07) is 0. The summed E-state index contributed by atoms with van der Waals surface area (Å²) in [4.78, 5) is 35.3. The number of methoxy groups -OCH3 is 1. The highest BCUT2D eigenvalue weighted by Crippen LogP contribution is 2.14. The predicted molar refractivity (Wildman–Crippen MR) is 94.5 cm³/mol. The van der Waals surface area contributed by atoms with E-state index >= 15 is 0 Å². The van der Waals surface area contributed by atoms with Gasteiger partial charge in [-0.05, 0) is 6.92 Å². The first-order valence-corrected chi connectivity index (χ1v) is 8.34. The number of nitrogens with one attached hydrogen (secondary N) is 2. The summed E-state index contributed by atoms with van der Waals surface area (Å²) in [5.74, 6) is -1.83. The first-order valence-electron chi connectivity index (χ1n) is 8.34. The molecule has 2 aromatic heterocycles. The number of amides is 2. The van der Waals surface area contributed by atoms with E-state index in [0.29, 0.717) is 25.4 Å². The van der Waals surface area contributed by atoms with E-state index in [1.165, 1.54) is 24.2 Å². The van der Waals surface area contributed by atoms with Crippen molar-refractivity contribution in [1.29, 1.82) is 0 Å². The van der Waals surface area contributed by atoms with Crippen molar-refractivity contribution < 1.29 is 24.2 Å². The minimum Gasteiger partial charge on any atom is -0.478 e. The molecule has 146 valence electrons. The highest BCUT2D eigenvalue weighted by atomic mass is 16.5. The van der Waals surface area contributed by atoms with Crippen LogP contribution in [0.5, 0.6) is 0 Å². The summed E-state index contributed by atoms with van der Waals surface area (Å²) in [7, 11) is 1.53. The van der Waals surface area contributed by atoms with Crippen molar-refractivity contribution in [3.63, 3.8) is 0 Å². The molecule has 27 heavy (non-hydrogen) atoms. The number of hydrogen-bond donors (Lipinski definition) is 3. The molecule has 11 heteroatoms. The Morgan fingerprint density at radius 3 is 2.67 bits per heavy atom. The van der Waals surface area contributed by atoms with Gasteiger partial charge in [-0.15, -0.1) is 0 Å². The van der Waals surface area contributed by atoms with Gasteiger partial charge in [-0.1, -0.05) is 0 Å². The molecule has 0 saturated carbocycles. The molecule has 2 amide bonds. The number of aryl methyl sites for hydroxylation is 2. The Morgan fingerprint density at radius 2 is 2.04 bits per heavy atom. The molecule has 0 aliphatic carbocycles. The fraction of sp³-hybridized carbons (Fsp3) is 0.438. The van der Waals surface area contributed by atoms with Crippen LogP contribution in [0.3, 0.4) is 0 Å². The number of carbonyl (C=O) groups excluding carboxylic acids is 2. The fourth-order valence-corrected chi connectivity index (χ4v) is 2.22. The van der Waals surface area contributed by atoms with E-state index in [9.17, 15) is 14.4 Å². The van der Waals surface area contributed by atoms with Gasteiger partial charge in [-0.25, -0.2) is 4.79 Å². The van der Waals surface area contributed by atoms with E-state index in [1.807, 2.05) is 6.92 Å². The second-order valence-electron chi connectivity index (χ2n) is 5.59. The van der Waals surface area contributed by atoms with Crippen LogP contribution in [0.2, 0.25) is 0 Å². The smallest absolute Gasteiger partial charge is 0.338 e. The molecule has 2 rings (SSSR count). The van der Waals surface area contributed by atoms with E-state index in [-0.39, 0.29) is 30.1 Å². The number of aromatic nitrogens is 4. The summed E-state index contributed by atoms with van der Waals surface area (Å²) in [5.41, 5.74) is 0.478. The average Bonchev–Trinajstić information content (AvgIpc) is 3.27. The monoisotopic (exact) mass is 378 g/mol. The summed E-state index contributed by atoms with van der Waals surface area (Å²) in [5, 5.41) is 22.2. The number of carboxylic acid groups (broad SMARTS) is 1. The van der Waals surface area contributed by atoms with Gasteiger partial charge in [0.1, 0.15) is 0 Å². The van der Waals surface area contributed by atoms with Crippen LogP contribution in [-0.4, -0.2) is 62.7 Å². The van der Waals surface area contributed by atoms with E-state index in [4.69, 9.17) is 9.84 Å². The minimum absolute atomic E-state index is 0.0506. The molecule has 0 aromatic carbocycles. The van der Waals surface area contributed by atoms with Crippen LogP contribution in [0.25, 0.3) is 0 Å². The third-order valence-corrected chi connectivity index (χ3v) is 3.61. The molecule has 0 spiro atoms. The second-order valence-corrected chi connectivity index (χ2v) is 5.59. The van der Waals surface area contributed by atoms with Crippen LogP contribution in [0.1, 0.15) is 34.2 Å². The van der Waals surface area contributed by atoms with E-state index in [2.05, 4.69) is 20.8 Å². The van der Waals surface area contributed by atoms with E-state index in [0.717, 1.165) is 0 Å². The van der Waals surface area contributed by atoms with Crippen molar-refractivity contribution in [2.75, 3.05) is 25.6 Å². The van der Waals surface area contributed by atoms with Crippen molar-refractivity contribution in [2.45, 2.75) is 26.4 Å². The van der Waals surface area contributed by atoms with Gasteiger partial charge in [0.05, 0.1) is 24.1 Å². The molecule has 0 unspecified atom stereocenters. The van der Waals surface area contributed by atoms with Gasteiger partial charge in [0.2, 0.25) is 5.91 Å². The highest BCUT2D eigenvalue weighted by Gasteiger charge is 2.18. The standard InChI is InChI=1S/C16H22N6O5/c1-3-21-10-12(14(20-21)15(24)17-5-7-27-2)19-13(23)4-6-22-9-11(8-18-22)16(25)26/h8-10H,3-7H2,1-2H3,(H,17,24)(H,19,23)(H,25,26). The number of ether oxygens (including phenoxy) is 1. The zero-order chi connectivity index (χ0) is 19.8. The number of nitrogens with zero attached hydrogens (tertiary/aromatic N) is 4.